The molecule has 144 valence electrons. The van der Waals surface area contributed by atoms with Gasteiger partial charge in [-0.25, -0.2) is 15.0 Å². The highest BCUT2D eigenvalue weighted by atomic mass is 16.6. The number of ether oxygens (including phenoxy) is 2. The predicted octanol–water partition coefficient (Wildman–Crippen LogP) is -0.974. The van der Waals surface area contributed by atoms with Gasteiger partial charge in [-0.3, -0.25) is 4.57 Å². The van der Waals surface area contributed by atoms with Gasteiger partial charge >= 0.3 is 0 Å². The van der Waals surface area contributed by atoms with Gasteiger partial charge in [0.2, 0.25) is 0 Å². The van der Waals surface area contributed by atoms with Gasteiger partial charge in [-0.05, 0) is 18.8 Å². The lowest BCUT2D eigenvalue weighted by Gasteiger charge is -2.21. The molecule has 4 fully saturated rings. The number of hydrogen-bond acceptors (Lipinski definition) is 9. The number of fused-ring (bicyclic) bond motifs is 6. The molecule has 2 bridgehead atoms. The van der Waals surface area contributed by atoms with Crippen molar-refractivity contribution in [2.24, 2.45) is 11.8 Å². The Hall–Kier alpha value is -1.85. The summed E-state index contributed by atoms with van der Waals surface area (Å²) in [7, 11) is 0. The van der Waals surface area contributed by atoms with Crippen molar-refractivity contribution in [3.8, 4) is 0 Å². The zero-order chi connectivity index (χ0) is 18.3. The maximum Gasteiger partial charge on any atom is 0.167 e. The van der Waals surface area contributed by atoms with Crippen LogP contribution in [0.5, 0.6) is 0 Å². The van der Waals surface area contributed by atoms with Crippen molar-refractivity contribution in [1.29, 1.82) is 0 Å². The molecule has 6 rings (SSSR count). The molecule has 10 nitrogen and oxygen atoms in total. The Morgan fingerprint density at radius 3 is 2.74 bits per heavy atom. The highest BCUT2D eigenvalue weighted by Gasteiger charge is 2.63. The number of aromatic nitrogens is 4. The van der Waals surface area contributed by atoms with E-state index in [1.54, 1.807) is 4.57 Å². The number of rotatable bonds is 4. The zero-order valence-electron chi connectivity index (χ0n) is 14.4. The largest absolute Gasteiger partial charge is 0.394 e. The lowest BCUT2D eigenvalue weighted by Crippen LogP contribution is -2.33. The van der Waals surface area contributed by atoms with Gasteiger partial charge in [-0.15, -0.1) is 0 Å². The molecule has 3 unspecified atom stereocenters. The predicted molar refractivity (Wildman–Crippen MR) is 90.6 cm³/mol. The molecule has 0 radical (unpaired) electrons. The summed E-state index contributed by atoms with van der Waals surface area (Å²) in [5.41, 5.74) is 1.09. The number of aliphatic hydroxyl groups excluding tert-OH is 3. The molecule has 9 atom stereocenters. The quantitative estimate of drug-likeness (QED) is 0.497. The van der Waals surface area contributed by atoms with Crippen molar-refractivity contribution in [2.75, 3.05) is 11.9 Å². The second-order valence-electron chi connectivity index (χ2n) is 7.99. The molecule has 4 N–H and O–H groups in total. The molecule has 2 saturated heterocycles. The minimum Gasteiger partial charge on any atom is -0.394 e. The molecular formula is C17H21N5O5. The van der Waals surface area contributed by atoms with Crippen LogP contribution in [0.3, 0.4) is 0 Å². The normalized spacial score (nSPS) is 44.8. The summed E-state index contributed by atoms with van der Waals surface area (Å²) >= 11 is 0. The highest BCUT2D eigenvalue weighted by molar-refractivity contribution is 5.83. The van der Waals surface area contributed by atoms with E-state index in [1.165, 1.54) is 19.1 Å². The van der Waals surface area contributed by atoms with E-state index in [-0.39, 0.29) is 6.61 Å². The summed E-state index contributed by atoms with van der Waals surface area (Å²) in [6.45, 7) is -0.377. The number of aliphatic hydroxyl groups is 3. The third-order valence-electron chi connectivity index (χ3n) is 6.57. The van der Waals surface area contributed by atoms with Crippen LogP contribution in [-0.4, -0.2) is 78.0 Å². The molecule has 4 aliphatic rings. The van der Waals surface area contributed by atoms with Crippen molar-refractivity contribution in [3.05, 3.63) is 12.7 Å². The Labute approximate surface area is 154 Å². The molecule has 2 saturated carbocycles. The maximum atomic E-state index is 10.3. The number of imidazole rings is 1. The standard InChI is InChI=1S/C17H21N5O5/c23-3-9-11(24)12(25)17(26-9)22-5-20-10-15(18-4-19-16(10)22)21-8-2-6-1-7(8)14-13(6)27-14/h4-9,11-14,17,23-25H,1-3H2,(H,18,19,21)/t6?,7?,8?,9-,11+,12+,13+,14-,17+/m1/s1. The molecule has 0 aromatic carbocycles. The van der Waals surface area contributed by atoms with E-state index in [0.717, 1.165) is 6.42 Å². The monoisotopic (exact) mass is 375 g/mol. The number of hydrogen-bond donors (Lipinski definition) is 4. The van der Waals surface area contributed by atoms with Crippen LogP contribution >= 0.6 is 0 Å². The molecule has 10 heteroatoms. The molecule has 0 amide bonds. The van der Waals surface area contributed by atoms with Crippen molar-refractivity contribution < 1.29 is 24.8 Å². The Bertz CT molecular complexity index is 892. The van der Waals surface area contributed by atoms with Crippen LogP contribution in [0.2, 0.25) is 0 Å². The number of anilines is 1. The number of epoxide rings is 1. The van der Waals surface area contributed by atoms with Crippen molar-refractivity contribution >= 4 is 17.0 Å². The molecule has 2 aromatic rings. The first-order valence-electron chi connectivity index (χ1n) is 9.37. The fraction of sp³-hybridized carbons (Fsp3) is 0.706. The van der Waals surface area contributed by atoms with E-state index in [4.69, 9.17) is 9.47 Å². The van der Waals surface area contributed by atoms with Crippen LogP contribution in [0.25, 0.3) is 11.2 Å². The molecule has 0 spiro atoms. The lowest BCUT2D eigenvalue weighted by molar-refractivity contribution is -0.0511. The summed E-state index contributed by atoms with van der Waals surface area (Å²) in [5.74, 6) is 1.82. The van der Waals surface area contributed by atoms with E-state index in [0.29, 0.717) is 47.1 Å². The SMILES string of the molecule is OC[C@H]1O[C@H](n2cnc3c(NC4CC5CC4[C@H]4O[C@@H]54)ncnc32)[C@@H](O)[C@H]1O. The van der Waals surface area contributed by atoms with Crippen molar-refractivity contribution in [2.45, 2.75) is 55.6 Å². The molecule has 2 aliphatic carbocycles. The Balaban J connectivity index is 1.30. The molecule has 27 heavy (non-hydrogen) atoms. The molecule has 2 aliphatic heterocycles. The first-order chi connectivity index (χ1) is 13.2. The second-order valence-corrected chi connectivity index (χ2v) is 7.99. The van der Waals surface area contributed by atoms with Gasteiger partial charge in [0.05, 0.1) is 25.1 Å². The summed E-state index contributed by atoms with van der Waals surface area (Å²) in [6.07, 6.45) is 2.07. The minimum atomic E-state index is -1.18. The first-order valence-corrected chi connectivity index (χ1v) is 9.37. The van der Waals surface area contributed by atoms with Gasteiger partial charge in [0.1, 0.15) is 24.6 Å². The maximum absolute atomic E-state index is 10.3. The van der Waals surface area contributed by atoms with Crippen molar-refractivity contribution in [3.63, 3.8) is 0 Å². The third-order valence-corrected chi connectivity index (χ3v) is 6.57. The molecule has 4 heterocycles. The average molecular weight is 375 g/mol. The summed E-state index contributed by atoms with van der Waals surface area (Å²) in [5, 5.41) is 33.1. The van der Waals surface area contributed by atoms with Crippen molar-refractivity contribution in [1.82, 2.24) is 19.5 Å². The number of nitrogens with zero attached hydrogens (tertiary/aromatic N) is 4. The van der Waals surface area contributed by atoms with E-state index >= 15 is 0 Å². The fourth-order valence-corrected chi connectivity index (χ4v) is 5.20. The Morgan fingerprint density at radius 2 is 2.00 bits per heavy atom. The van der Waals surface area contributed by atoms with Gasteiger partial charge in [-0.1, -0.05) is 0 Å². The van der Waals surface area contributed by atoms with Crippen LogP contribution in [0.1, 0.15) is 19.1 Å². The number of nitrogens with one attached hydrogen (secondary N) is 1. The van der Waals surface area contributed by atoms with E-state index in [9.17, 15) is 15.3 Å². The topological polar surface area (TPSA) is 138 Å². The fourth-order valence-electron chi connectivity index (χ4n) is 5.20. The summed E-state index contributed by atoms with van der Waals surface area (Å²) in [4.78, 5) is 13.1. The van der Waals surface area contributed by atoms with Crippen LogP contribution in [0.15, 0.2) is 12.7 Å². The summed E-state index contributed by atoms with van der Waals surface area (Å²) in [6, 6.07) is 0.316. The van der Waals surface area contributed by atoms with Gasteiger partial charge in [0.15, 0.2) is 23.2 Å². The van der Waals surface area contributed by atoms with Crippen LogP contribution in [0, 0.1) is 11.8 Å². The lowest BCUT2D eigenvalue weighted by atomic mass is 9.95. The first kappa shape index (κ1) is 16.1. The van der Waals surface area contributed by atoms with Gasteiger partial charge in [0.25, 0.3) is 0 Å². The highest BCUT2D eigenvalue weighted by Crippen LogP contribution is 2.56. The average Bonchev–Trinajstić information content (AvgIpc) is 2.95. The van der Waals surface area contributed by atoms with Gasteiger partial charge in [0, 0.05) is 12.0 Å². The smallest absolute Gasteiger partial charge is 0.167 e. The van der Waals surface area contributed by atoms with Gasteiger partial charge < -0.3 is 30.1 Å². The van der Waals surface area contributed by atoms with Crippen LogP contribution in [0.4, 0.5) is 5.82 Å². The Kier molecular flexibility index (Phi) is 3.34. The third kappa shape index (κ3) is 2.21. The minimum absolute atomic E-state index is 0.316. The van der Waals surface area contributed by atoms with Gasteiger partial charge in [-0.2, -0.15) is 0 Å². The second kappa shape index (κ2) is 5.58. The zero-order valence-corrected chi connectivity index (χ0v) is 14.4. The van der Waals surface area contributed by atoms with E-state index < -0.39 is 24.5 Å². The van der Waals surface area contributed by atoms with E-state index in [1.807, 2.05) is 0 Å². The van der Waals surface area contributed by atoms with Crippen LogP contribution in [-0.2, 0) is 9.47 Å². The van der Waals surface area contributed by atoms with E-state index in [2.05, 4.69) is 20.3 Å². The molecule has 2 aromatic heterocycles. The summed E-state index contributed by atoms with van der Waals surface area (Å²) < 4.78 is 12.9. The molecular weight excluding hydrogens is 354 g/mol. The van der Waals surface area contributed by atoms with Crippen LogP contribution < -0.4 is 5.32 Å². The Morgan fingerprint density at radius 1 is 1.11 bits per heavy atom.